The molecule has 0 bridgehead atoms. The molecule has 1 aromatic heterocycles. The smallest absolute Gasteiger partial charge is 0.419 e. The summed E-state index contributed by atoms with van der Waals surface area (Å²) in [6.45, 7) is 4.14. The number of aromatic nitrogens is 2. The molecule has 196 valence electrons. The molecule has 1 fully saturated rings. The van der Waals surface area contributed by atoms with Crippen molar-refractivity contribution in [3.05, 3.63) is 78.1 Å². The van der Waals surface area contributed by atoms with Gasteiger partial charge >= 0.3 is 6.18 Å². The minimum Gasteiger partial charge on any atom is -0.496 e. The first-order valence-electron chi connectivity index (χ1n) is 12.4. The lowest BCUT2D eigenvalue weighted by atomic mass is 9.98. The molecule has 6 nitrogen and oxygen atoms in total. The lowest BCUT2D eigenvalue weighted by Gasteiger charge is -2.33. The zero-order valence-corrected chi connectivity index (χ0v) is 21.0. The Balaban J connectivity index is 1.54. The van der Waals surface area contributed by atoms with Crippen LogP contribution < -0.4 is 10.1 Å². The summed E-state index contributed by atoms with van der Waals surface area (Å²) in [5, 5.41) is 4.09. The summed E-state index contributed by atoms with van der Waals surface area (Å²) >= 11 is 0. The summed E-state index contributed by atoms with van der Waals surface area (Å²) in [5.41, 5.74) is 2.67. The van der Waals surface area contributed by atoms with Crippen LogP contribution >= 0.6 is 0 Å². The summed E-state index contributed by atoms with van der Waals surface area (Å²) in [5.74, 6) is -0.272. The largest absolute Gasteiger partial charge is 0.496 e. The maximum atomic E-state index is 13.6. The Morgan fingerprint density at radius 3 is 2.61 bits per heavy atom. The molecule has 9 heteroatoms. The fourth-order valence-electron chi connectivity index (χ4n) is 4.84. The zero-order valence-electron chi connectivity index (χ0n) is 21.0. The van der Waals surface area contributed by atoms with Crippen LogP contribution in [0.1, 0.15) is 29.3 Å². The van der Waals surface area contributed by atoms with E-state index in [0.717, 1.165) is 24.6 Å². The van der Waals surface area contributed by atoms with Gasteiger partial charge in [0, 0.05) is 42.2 Å². The van der Waals surface area contributed by atoms with E-state index in [2.05, 4.69) is 22.2 Å². The standard InChI is InChI=1S/C29H27F3N4O2/c1-3-22-16-36(12-11-33-22)28(37)21-6-4-5-20(13-21)27-23-14-18(7-9-25(23)34-17-35-27)19-8-10-26(38-2)24(15-19)29(30,31)32/h4-10,13-15,17,22,33H,3,11-12,16H2,1-2H3/t22-/m0/s1. The number of amides is 1. The Morgan fingerprint density at radius 1 is 1.05 bits per heavy atom. The van der Waals surface area contributed by atoms with Crippen molar-refractivity contribution in [2.24, 2.45) is 0 Å². The van der Waals surface area contributed by atoms with Crippen LogP contribution in [0.3, 0.4) is 0 Å². The number of methoxy groups -OCH3 is 1. The fraction of sp³-hybridized carbons (Fsp3) is 0.276. The van der Waals surface area contributed by atoms with Crippen molar-refractivity contribution in [3.63, 3.8) is 0 Å². The normalized spacial score (nSPS) is 16.0. The number of alkyl halides is 3. The number of rotatable bonds is 5. The number of carbonyl (C=O) groups is 1. The van der Waals surface area contributed by atoms with E-state index < -0.39 is 11.7 Å². The predicted octanol–water partition coefficient (Wildman–Crippen LogP) is 5.82. The topological polar surface area (TPSA) is 67.4 Å². The van der Waals surface area contributed by atoms with E-state index in [1.807, 2.05) is 23.1 Å². The van der Waals surface area contributed by atoms with E-state index in [1.54, 1.807) is 30.3 Å². The van der Waals surface area contributed by atoms with Crippen LogP contribution in [0.5, 0.6) is 5.75 Å². The quantitative estimate of drug-likeness (QED) is 0.360. The molecule has 0 saturated carbocycles. The number of benzene rings is 3. The van der Waals surface area contributed by atoms with Gasteiger partial charge in [0.15, 0.2) is 0 Å². The maximum Gasteiger partial charge on any atom is 0.419 e. The van der Waals surface area contributed by atoms with Crippen LogP contribution in [-0.2, 0) is 6.18 Å². The molecule has 5 rings (SSSR count). The molecule has 4 aromatic rings. The average Bonchev–Trinajstić information content (AvgIpc) is 2.95. The predicted molar refractivity (Wildman–Crippen MR) is 140 cm³/mol. The van der Waals surface area contributed by atoms with Crippen molar-refractivity contribution in [1.82, 2.24) is 20.2 Å². The van der Waals surface area contributed by atoms with Crippen molar-refractivity contribution in [2.45, 2.75) is 25.6 Å². The van der Waals surface area contributed by atoms with Gasteiger partial charge < -0.3 is 15.0 Å². The summed E-state index contributed by atoms with van der Waals surface area (Å²) in [6, 6.07) is 16.8. The lowest BCUT2D eigenvalue weighted by molar-refractivity contribution is -0.138. The van der Waals surface area contributed by atoms with E-state index in [1.165, 1.54) is 19.5 Å². The summed E-state index contributed by atoms with van der Waals surface area (Å²) in [6.07, 6.45) is -2.16. The second-order valence-corrected chi connectivity index (χ2v) is 9.26. The van der Waals surface area contributed by atoms with Crippen molar-refractivity contribution >= 4 is 16.8 Å². The number of nitrogens with zero attached hydrogens (tertiary/aromatic N) is 3. The first-order valence-corrected chi connectivity index (χ1v) is 12.4. The first-order chi connectivity index (χ1) is 18.3. The summed E-state index contributed by atoms with van der Waals surface area (Å²) < 4.78 is 45.8. The molecule has 1 aliphatic heterocycles. The second kappa shape index (κ2) is 10.4. The van der Waals surface area contributed by atoms with Gasteiger partial charge in [-0.1, -0.05) is 31.2 Å². The van der Waals surface area contributed by atoms with Crippen LogP contribution in [0, 0.1) is 0 Å². The van der Waals surface area contributed by atoms with Crippen LogP contribution in [0.4, 0.5) is 13.2 Å². The second-order valence-electron chi connectivity index (χ2n) is 9.26. The van der Waals surface area contributed by atoms with Crippen molar-refractivity contribution in [1.29, 1.82) is 0 Å². The van der Waals surface area contributed by atoms with Gasteiger partial charge in [0.2, 0.25) is 0 Å². The first kappa shape index (κ1) is 25.7. The molecule has 1 atom stereocenters. The molecule has 0 unspecified atom stereocenters. The number of carbonyl (C=O) groups excluding carboxylic acids is 1. The highest BCUT2D eigenvalue weighted by molar-refractivity contribution is 5.98. The van der Waals surface area contributed by atoms with Crippen LogP contribution in [0.2, 0.25) is 0 Å². The lowest BCUT2D eigenvalue weighted by Crippen LogP contribution is -2.52. The van der Waals surface area contributed by atoms with Gasteiger partial charge in [0.05, 0.1) is 23.9 Å². The van der Waals surface area contributed by atoms with Crippen LogP contribution in [0.15, 0.2) is 67.0 Å². The monoisotopic (exact) mass is 520 g/mol. The Bertz CT molecular complexity index is 1490. The van der Waals surface area contributed by atoms with Crippen molar-refractivity contribution in [3.8, 4) is 28.1 Å². The van der Waals surface area contributed by atoms with E-state index in [-0.39, 0.29) is 17.7 Å². The van der Waals surface area contributed by atoms with Gasteiger partial charge in [0.25, 0.3) is 5.91 Å². The molecule has 3 aromatic carbocycles. The molecular formula is C29H27F3N4O2. The number of piperazine rings is 1. The number of hydrogen-bond donors (Lipinski definition) is 1. The molecule has 0 aliphatic carbocycles. The highest BCUT2D eigenvalue weighted by Gasteiger charge is 2.34. The Morgan fingerprint density at radius 2 is 1.84 bits per heavy atom. The summed E-state index contributed by atoms with van der Waals surface area (Å²) in [4.78, 5) is 24.0. The molecule has 0 spiro atoms. The Kier molecular flexibility index (Phi) is 7.03. The van der Waals surface area contributed by atoms with Gasteiger partial charge in [-0.05, 0) is 53.9 Å². The number of nitrogens with one attached hydrogen (secondary N) is 1. The fourth-order valence-corrected chi connectivity index (χ4v) is 4.84. The van der Waals surface area contributed by atoms with Crippen molar-refractivity contribution < 1.29 is 22.7 Å². The molecule has 1 saturated heterocycles. The number of hydrogen-bond acceptors (Lipinski definition) is 5. The average molecular weight is 521 g/mol. The number of fused-ring (bicyclic) bond motifs is 1. The third-order valence-electron chi connectivity index (χ3n) is 6.89. The molecule has 2 heterocycles. The Labute approximate surface area is 218 Å². The minimum absolute atomic E-state index is 0.0382. The molecule has 38 heavy (non-hydrogen) atoms. The van der Waals surface area contributed by atoms with E-state index >= 15 is 0 Å². The third-order valence-corrected chi connectivity index (χ3v) is 6.89. The molecule has 1 aliphatic rings. The van der Waals surface area contributed by atoms with Gasteiger partial charge in [-0.25, -0.2) is 9.97 Å². The van der Waals surface area contributed by atoms with Gasteiger partial charge in [-0.3, -0.25) is 4.79 Å². The number of ether oxygens (including phenoxy) is 1. The highest BCUT2D eigenvalue weighted by atomic mass is 19.4. The van der Waals surface area contributed by atoms with Crippen LogP contribution in [0.25, 0.3) is 33.3 Å². The molecule has 1 amide bonds. The SMILES string of the molecule is CC[C@H]1CN(C(=O)c2cccc(-c3ncnc4ccc(-c5ccc(OC)c(C(F)(F)F)c5)cc34)c2)CCN1. The zero-order chi connectivity index (χ0) is 26.9. The molecular weight excluding hydrogens is 493 g/mol. The molecule has 1 N–H and O–H groups in total. The third kappa shape index (κ3) is 5.06. The molecule has 0 radical (unpaired) electrons. The Hall–Kier alpha value is -3.98. The van der Waals surface area contributed by atoms with Gasteiger partial charge in [-0.2, -0.15) is 13.2 Å². The van der Waals surface area contributed by atoms with E-state index in [4.69, 9.17) is 4.74 Å². The van der Waals surface area contributed by atoms with Gasteiger partial charge in [-0.15, -0.1) is 0 Å². The van der Waals surface area contributed by atoms with Gasteiger partial charge in [0.1, 0.15) is 12.1 Å². The minimum atomic E-state index is -4.55. The van der Waals surface area contributed by atoms with Crippen molar-refractivity contribution in [2.75, 3.05) is 26.7 Å². The highest BCUT2D eigenvalue weighted by Crippen LogP contribution is 2.39. The maximum absolute atomic E-state index is 13.6. The van der Waals surface area contributed by atoms with Crippen LogP contribution in [-0.4, -0.2) is 53.6 Å². The van der Waals surface area contributed by atoms with E-state index in [9.17, 15) is 18.0 Å². The van der Waals surface area contributed by atoms with E-state index in [0.29, 0.717) is 46.4 Å². The summed E-state index contributed by atoms with van der Waals surface area (Å²) in [7, 11) is 1.22. The number of halogens is 3.